The number of anilines is 1. The van der Waals surface area contributed by atoms with Gasteiger partial charge in [-0.1, -0.05) is 30.2 Å². The third-order valence-corrected chi connectivity index (χ3v) is 5.59. The number of para-hydroxylation sites is 1. The van der Waals surface area contributed by atoms with Gasteiger partial charge >= 0.3 is 6.03 Å². The molecule has 2 aliphatic rings. The fourth-order valence-electron chi connectivity index (χ4n) is 3.66. The number of carbonyl (C=O) groups excluding carboxylic acids is 1. The van der Waals surface area contributed by atoms with E-state index in [4.69, 9.17) is 11.6 Å². The molecular weight excluding hydrogens is 336 g/mol. The number of likely N-dealkylation sites (tertiary alicyclic amines) is 1. The molecule has 3 rings (SSSR count). The van der Waals surface area contributed by atoms with Crippen molar-refractivity contribution in [2.24, 2.45) is 0 Å². The summed E-state index contributed by atoms with van der Waals surface area (Å²) in [5.74, 6) is 0. The standard InChI is InChI=1S/C19H29ClN4O/c1-21(11-12-22-9-5-2-6-10-22)19(25)24-15-13-23(14-16-24)18-8-4-3-7-17(18)20/h3-4,7-8H,2,5-6,9-16H2,1H3. The van der Waals surface area contributed by atoms with Crippen LogP contribution in [0.1, 0.15) is 19.3 Å². The second kappa shape index (κ2) is 8.77. The first-order valence-electron chi connectivity index (χ1n) is 9.37. The highest BCUT2D eigenvalue weighted by atomic mass is 35.5. The molecule has 0 atom stereocenters. The van der Waals surface area contributed by atoms with Crippen LogP contribution >= 0.6 is 11.6 Å². The van der Waals surface area contributed by atoms with Crippen LogP contribution in [0.25, 0.3) is 0 Å². The summed E-state index contributed by atoms with van der Waals surface area (Å²) >= 11 is 6.29. The highest BCUT2D eigenvalue weighted by Gasteiger charge is 2.24. The van der Waals surface area contributed by atoms with Crippen molar-refractivity contribution in [3.8, 4) is 0 Å². The molecule has 2 saturated heterocycles. The van der Waals surface area contributed by atoms with E-state index in [1.165, 1.54) is 32.4 Å². The minimum absolute atomic E-state index is 0.149. The Morgan fingerprint density at radius 1 is 1.04 bits per heavy atom. The summed E-state index contributed by atoms with van der Waals surface area (Å²) in [5, 5.41) is 0.779. The molecule has 0 radical (unpaired) electrons. The number of hydrogen-bond donors (Lipinski definition) is 0. The summed E-state index contributed by atoms with van der Waals surface area (Å²) < 4.78 is 0. The SMILES string of the molecule is CN(CCN1CCCCC1)C(=O)N1CCN(c2ccccc2Cl)CC1. The van der Waals surface area contributed by atoms with Gasteiger partial charge in [0.05, 0.1) is 10.7 Å². The number of carbonyl (C=O) groups is 1. The zero-order chi connectivity index (χ0) is 17.6. The van der Waals surface area contributed by atoms with Gasteiger partial charge in [-0.05, 0) is 38.1 Å². The highest BCUT2D eigenvalue weighted by Crippen LogP contribution is 2.26. The predicted molar refractivity (Wildman–Crippen MR) is 104 cm³/mol. The Balaban J connectivity index is 1.45. The number of piperidine rings is 1. The molecule has 0 spiro atoms. The molecule has 2 heterocycles. The molecule has 2 fully saturated rings. The van der Waals surface area contributed by atoms with Gasteiger partial charge in [0.1, 0.15) is 0 Å². The van der Waals surface area contributed by atoms with Crippen molar-refractivity contribution in [2.75, 3.05) is 64.3 Å². The van der Waals surface area contributed by atoms with Crippen molar-refractivity contribution < 1.29 is 4.79 Å². The van der Waals surface area contributed by atoms with Crippen molar-refractivity contribution in [2.45, 2.75) is 19.3 Å². The second-order valence-corrected chi connectivity index (χ2v) is 7.44. The van der Waals surface area contributed by atoms with Gasteiger partial charge < -0.3 is 19.6 Å². The second-order valence-electron chi connectivity index (χ2n) is 7.03. The first-order chi connectivity index (χ1) is 12.1. The molecule has 1 aromatic rings. The summed E-state index contributed by atoms with van der Waals surface area (Å²) in [7, 11) is 1.92. The van der Waals surface area contributed by atoms with E-state index in [0.29, 0.717) is 0 Å². The summed E-state index contributed by atoms with van der Waals surface area (Å²) in [6, 6.07) is 8.07. The maximum Gasteiger partial charge on any atom is 0.319 e. The molecule has 0 aromatic heterocycles. The van der Waals surface area contributed by atoms with E-state index >= 15 is 0 Å². The molecule has 0 N–H and O–H groups in total. The maximum atomic E-state index is 12.7. The van der Waals surface area contributed by atoms with Crippen LogP contribution in [0.3, 0.4) is 0 Å². The lowest BCUT2D eigenvalue weighted by Gasteiger charge is -2.38. The zero-order valence-electron chi connectivity index (χ0n) is 15.2. The molecule has 6 heteroatoms. The highest BCUT2D eigenvalue weighted by molar-refractivity contribution is 6.33. The predicted octanol–water partition coefficient (Wildman–Crippen LogP) is 3.00. The number of likely N-dealkylation sites (N-methyl/N-ethyl adjacent to an activating group) is 1. The largest absolute Gasteiger partial charge is 0.367 e. The van der Waals surface area contributed by atoms with Crippen molar-refractivity contribution in [1.82, 2.24) is 14.7 Å². The van der Waals surface area contributed by atoms with Crippen molar-refractivity contribution >= 4 is 23.3 Å². The van der Waals surface area contributed by atoms with E-state index in [1.807, 2.05) is 41.1 Å². The van der Waals surface area contributed by atoms with E-state index in [9.17, 15) is 4.79 Å². The van der Waals surface area contributed by atoms with Gasteiger partial charge in [-0.3, -0.25) is 0 Å². The molecule has 2 amide bonds. The monoisotopic (exact) mass is 364 g/mol. The van der Waals surface area contributed by atoms with Crippen LogP contribution < -0.4 is 4.90 Å². The number of hydrogen-bond acceptors (Lipinski definition) is 3. The van der Waals surface area contributed by atoms with Gasteiger partial charge in [0, 0.05) is 46.3 Å². The van der Waals surface area contributed by atoms with Gasteiger partial charge in [0.15, 0.2) is 0 Å². The summed E-state index contributed by atoms with van der Waals surface area (Å²) in [6.45, 7) is 7.31. The molecular formula is C19H29ClN4O. The molecule has 2 aliphatic heterocycles. The van der Waals surface area contributed by atoms with Crippen molar-refractivity contribution in [1.29, 1.82) is 0 Å². The maximum absolute atomic E-state index is 12.7. The lowest BCUT2D eigenvalue weighted by molar-refractivity contribution is 0.148. The van der Waals surface area contributed by atoms with Crippen molar-refractivity contribution in [3.05, 3.63) is 29.3 Å². The summed E-state index contributed by atoms with van der Waals surface area (Å²) in [5.41, 5.74) is 1.06. The normalized spacial score (nSPS) is 19.1. The molecule has 25 heavy (non-hydrogen) atoms. The van der Waals surface area contributed by atoms with E-state index < -0.39 is 0 Å². The number of rotatable bonds is 4. The Bertz CT molecular complexity index is 568. The minimum Gasteiger partial charge on any atom is -0.367 e. The number of nitrogens with zero attached hydrogens (tertiary/aromatic N) is 4. The van der Waals surface area contributed by atoms with E-state index in [0.717, 1.165) is 50.0 Å². The Morgan fingerprint density at radius 2 is 1.72 bits per heavy atom. The van der Waals surface area contributed by atoms with Crippen LogP contribution in [0.15, 0.2) is 24.3 Å². The lowest BCUT2D eigenvalue weighted by atomic mass is 10.1. The Kier molecular flexibility index (Phi) is 6.43. The van der Waals surface area contributed by atoms with Crippen LogP contribution in [0.5, 0.6) is 0 Å². The Hall–Kier alpha value is -1.46. The van der Waals surface area contributed by atoms with E-state index in [1.54, 1.807) is 0 Å². The third kappa shape index (κ3) is 4.79. The molecule has 0 aliphatic carbocycles. The molecule has 5 nitrogen and oxygen atoms in total. The summed E-state index contributed by atoms with van der Waals surface area (Å²) in [6.07, 6.45) is 3.93. The van der Waals surface area contributed by atoms with Crippen LogP contribution in [0.2, 0.25) is 5.02 Å². The van der Waals surface area contributed by atoms with Crippen LogP contribution in [0.4, 0.5) is 10.5 Å². The lowest BCUT2D eigenvalue weighted by Crippen LogP contribution is -2.53. The smallest absolute Gasteiger partial charge is 0.319 e. The van der Waals surface area contributed by atoms with Gasteiger partial charge in [-0.15, -0.1) is 0 Å². The number of piperazine rings is 1. The average Bonchev–Trinajstić information content (AvgIpc) is 2.67. The molecule has 0 saturated carbocycles. The van der Waals surface area contributed by atoms with Crippen LogP contribution in [-0.4, -0.2) is 80.1 Å². The van der Waals surface area contributed by atoms with Gasteiger partial charge in [-0.2, -0.15) is 0 Å². The first-order valence-corrected chi connectivity index (χ1v) is 9.75. The van der Waals surface area contributed by atoms with Crippen molar-refractivity contribution in [3.63, 3.8) is 0 Å². The van der Waals surface area contributed by atoms with Gasteiger partial charge in [-0.25, -0.2) is 4.79 Å². The van der Waals surface area contributed by atoms with Crippen LogP contribution in [0, 0.1) is 0 Å². The molecule has 138 valence electrons. The Labute approximate surface area is 156 Å². The number of benzene rings is 1. The molecule has 1 aromatic carbocycles. The fraction of sp³-hybridized carbons (Fsp3) is 0.632. The number of amides is 2. The average molecular weight is 365 g/mol. The first kappa shape index (κ1) is 18.3. The van der Waals surface area contributed by atoms with E-state index in [-0.39, 0.29) is 6.03 Å². The number of halogens is 1. The zero-order valence-corrected chi connectivity index (χ0v) is 15.9. The molecule has 0 unspecified atom stereocenters. The topological polar surface area (TPSA) is 30.0 Å². The van der Waals surface area contributed by atoms with E-state index in [2.05, 4.69) is 9.80 Å². The Morgan fingerprint density at radius 3 is 2.40 bits per heavy atom. The van der Waals surface area contributed by atoms with Crippen LogP contribution in [-0.2, 0) is 0 Å². The quantitative estimate of drug-likeness (QED) is 0.822. The molecule has 0 bridgehead atoms. The summed E-state index contributed by atoms with van der Waals surface area (Å²) in [4.78, 5) is 21.2. The fourth-order valence-corrected chi connectivity index (χ4v) is 3.91. The number of urea groups is 1. The minimum atomic E-state index is 0.149. The third-order valence-electron chi connectivity index (χ3n) is 5.27. The van der Waals surface area contributed by atoms with Gasteiger partial charge in [0.2, 0.25) is 0 Å². The van der Waals surface area contributed by atoms with Gasteiger partial charge in [0.25, 0.3) is 0 Å².